The summed E-state index contributed by atoms with van der Waals surface area (Å²) in [5.74, 6) is 0. The van der Waals surface area contributed by atoms with Crippen molar-refractivity contribution >= 4 is 0 Å². The van der Waals surface area contributed by atoms with E-state index in [1.54, 1.807) is 14.2 Å². The first-order valence-electron chi connectivity index (χ1n) is 7.74. The molecular weight excluding hydrogens is 266 g/mol. The summed E-state index contributed by atoms with van der Waals surface area (Å²) in [7, 11) is 3.51. The highest BCUT2D eigenvalue weighted by molar-refractivity contribution is 5.12. The molecule has 1 N–H and O–H groups in total. The standard InChI is InChI=1S/C16H25N3O2/c1-20-15-10-19(11-16(15)21-2)9-14-5-3-4-13(18-14)8-17-12-6-7-12/h3-5,12,15-17H,6-11H2,1-2H3. The molecule has 0 radical (unpaired) electrons. The van der Waals surface area contributed by atoms with Crippen molar-refractivity contribution in [1.29, 1.82) is 0 Å². The summed E-state index contributed by atoms with van der Waals surface area (Å²) in [6.45, 7) is 3.54. The summed E-state index contributed by atoms with van der Waals surface area (Å²) >= 11 is 0. The van der Waals surface area contributed by atoms with E-state index < -0.39 is 0 Å². The first kappa shape index (κ1) is 14.9. The second-order valence-corrected chi connectivity index (χ2v) is 6.02. The Hall–Kier alpha value is -1.01. The van der Waals surface area contributed by atoms with Gasteiger partial charge in [0.2, 0.25) is 0 Å². The van der Waals surface area contributed by atoms with Crippen LogP contribution < -0.4 is 5.32 Å². The predicted octanol–water partition coefficient (Wildman–Crippen LogP) is 1.18. The SMILES string of the molecule is COC1CN(Cc2cccc(CNC3CC3)n2)CC1OC. The Morgan fingerprint density at radius 3 is 2.43 bits per heavy atom. The molecule has 5 nitrogen and oxygen atoms in total. The zero-order valence-corrected chi connectivity index (χ0v) is 12.9. The van der Waals surface area contributed by atoms with Crippen molar-refractivity contribution in [2.75, 3.05) is 27.3 Å². The fraction of sp³-hybridized carbons (Fsp3) is 0.688. The Morgan fingerprint density at radius 1 is 1.14 bits per heavy atom. The summed E-state index contributed by atoms with van der Waals surface area (Å²) < 4.78 is 11.0. The molecule has 2 heterocycles. The summed E-state index contributed by atoms with van der Waals surface area (Å²) in [5.41, 5.74) is 2.25. The number of aromatic nitrogens is 1. The van der Waals surface area contributed by atoms with Crippen molar-refractivity contribution in [3.63, 3.8) is 0 Å². The second-order valence-electron chi connectivity index (χ2n) is 6.02. The lowest BCUT2D eigenvalue weighted by atomic mass is 10.3. The largest absolute Gasteiger partial charge is 0.377 e. The molecule has 0 amide bonds. The highest BCUT2D eigenvalue weighted by Gasteiger charge is 2.32. The molecule has 2 fully saturated rings. The van der Waals surface area contributed by atoms with Gasteiger partial charge >= 0.3 is 0 Å². The number of hydrogen-bond donors (Lipinski definition) is 1. The molecule has 2 atom stereocenters. The molecule has 0 aromatic carbocycles. The van der Waals surface area contributed by atoms with E-state index in [0.717, 1.165) is 43.6 Å². The zero-order chi connectivity index (χ0) is 14.7. The van der Waals surface area contributed by atoms with Crippen molar-refractivity contribution in [2.24, 2.45) is 0 Å². The van der Waals surface area contributed by atoms with Gasteiger partial charge in [-0.2, -0.15) is 0 Å². The highest BCUT2D eigenvalue weighted by Crippen LogP contribution is 2.20. The second kappa shape index (κ2) is 6.83. The number of nitrogens with one attached hydrogen (secondary N) is 1. The number of methoxy groups -OCH3 is 2. The van der Waals surface area contributed by atoms with Crippen LogP contribution in [0, 0.1) is 0 Å². The van der Waals surface area contributed by atoms with Crippen molar-refractivity contribution < 1.29 is 9.47 Å². The van der Waals surface area contributed by atoms with E-state index in [0.29, 0.717) is 0 Å². The molecule has 1 aromatic heterocycles. The minimum atomic E-state index is 0.162. The van der Waals surface area contributed by atoms with Crippen LogP contribution in [0.4, 0.5) is 0 Å². The topological polar surface area (TPSA) is 46.6 Å². The Labute approximate surface area is 126 Å². The normalized spacial score (nSPS) is 26.4. The van der Waals surface area contributed by atoms with Crippen LogP contribution in [0.1, 0.15) is 24.2 Å². The van der Waals surface area contributed by atoms with Crippen LogP contribution in [-0.4, -0.2) is 55.4 Å². The average Bonchev–Trinajstić information content (AvgIpc) is 3.25. The average molecular weight is 291 g/mol. The summed E-state index contributed by atoms with van der Waals surface area (Å²) in [4.78, 5) is 7.10. The van der Waals surface area contributed by atoms with Crippen molar-refractivity contribution in [1.82, 2.24) is 15.2 Å². The molecule has 0 bridgehead atoms. The van der Waals surface area contributed by atoms with Crippen molar-refractivity contribution in [3.05, 3.63) is 29.6 Å². The minimum Gasteiger partial charge on any atom is -0.377 e. The number of ether oxygens (including phenoxy) is 2. The quantitative estimate of drug-likeness (QED) is 0.817. The molecule has 2 unspecified atom stereocenters. The fourth-order valence-electron chi connectivity index (χ4n) is 2.88. The molecule has 3 rings (SSSR count). The molecule has 0 spiro atoms. The van der Waals surface area contributed by atoms with Crippen molar-refractivity contribution in [2.45, 2.75) is 44.2 Å². The van der Waals surface area contributed by atoms with Gasteiger partial charge in [0.1, 0.15) is 0 Å². The lowest BCUT2D eigenvalue weighted by Gasteiger charge is -2.15. The minimum absolute atomic E-state index is 0.162. The molecule has 1 aliphatic carbocycles. The lowest BCUT2D eigenvalue weighted by molar-refractivity contribution is -0.00461. The molecule has 5 heteroatoms. The molecular formula is C16H25N3O2. The molecule has 1 aliphatic heterocycles. The Morgan fingerprint density at radius 2 is 1.81 bits per heavy atom. The van der Waals surface area contributed by atoms with Crippen LogP contribution >= 0.6 is 0 Å². The summed E-state index contributed by atoms with van der Waals surface area (Å²) in [5, 5.41) is 3.51. The number of nitrogens with zero attached hydrogens (tertiary/aromatic N) is 2. The summed E-state index contributed by atoms with van der Waals surface area (Å²) in [6, 6.07) is 7.02. The zero-order valence-electron chi connectivity index (χ0n) is 12.9. The van der Waals surface area contributed by atoms with Crippen LogP contribution in [-0.2, 0) is 22.6 Å². The van der Waals surface area contributed by atoms with Gasteiger partial charge in [0.15, 0.2) is 0 Å². The van der Waals surface area contributed by atoms with Crippen LogP contribution in [0.25, 0.3) is 0 Å². The van der Waals surface area contributed by atoms with Crippen molar-refractivity contribution in [3.8, 4) is 0 Å². The number of rotatable bonds is 7. The van der Waals surface area contributed by atoms with Gasteiger partial charge in [-0.05, 0) is 25.0 Å². The molecule has 2 aliphatic rings. The molecule has 1 aromatic rings. The monoisotopic (exact) mass is 291 g/mol. The fourth-order valence-corrected chi connectivity index (χ4v) is 2.88. The van der Waals surface area contributed by atoms with Gasteiger partial charge in [-0.25, -0.2) is 0 Å². The smallest absolute Gasteiger partial charge is 0.0971 e. The molecule has 1 saturated heterocycles. The van der Waals surface area contributed by atoms with Crippen LogP contribution in [0.15, 0.2) is 18.2 Å². The molecule has 116 valence electrons. The Bertz CT molecular complexity index is 453. The Balaban J connectivity index is 1.55. The van der Waals surface area contributed by atoms with Gasteiger partial charge in [0.25, 0.3) is 0 Å². The van der Waals surface area contributed by atoms with Gasteiger partial charge in [-0.3, -0.25) is 9.88 Å². The molecule has 21 heavy (non-hydrogen) atoms. The van der Waals surface area contributed by atoms with Crippen LogP contribution in [0.5, 0.6) is 0 Å². The number of pyridine rings is 1. The summed E-state index contributed by atoms with van der Waals surface area (Å²) in [6.07, 6.45) is 2.94. The maximum Gasteiger partial charge on any atom is 0.0971 e. The Kier molecular flexibility index (Phi) is 4.85. The van der Waals surface area contributed by atoms with E-state index >= 15 is 0 Å². The predicted molar refractivity (Wildman–Crippen MR) is 81.0 cm³/mol. The van der Waals surface area contributed by atoms with E-state index in [9.17, 15) is 0 Å². The lowest BCUT2D eigenvalue weighted by Crippen LogP contribution is -2.27. The van der Waals surface area contributed by atoms with E-state index in [2.05, 4.69) is 28.4 Å². The first-order valence-corrected chi connectivity index (χ1v) is 7.74. The van der Waals surface area contributed by atoms with Gasteiger partial charge < -0.3 is 14.8 Å². The highest BCUT2D eigenvalue weighted by atomic mass is 16.5. The first-order chi connectivity index (χ1) is 10.3. The van der Waals surface area contributed by atoms with E-state index in [4.69, 9.17) is 14.5 Å². The van der Waals surface area contributed by atoms with Gasteiger partial charge in [0, 0.05) is 46.4 Å². The third-order valence-corrected chi connectivity index (χ3v) is 4.30. The third kappa shape index (κ3) is 4.01. The number of hydrogen-bond acceptors (Lipinski definition) is 5. The van der Waals surface area contributed by atoms with Crippen LogP contribution in [0.3, 0.4) is 0 Å². The third-order valence-electron chi connectivity index (χ3n) is 4.30. The van der Waals surface area contributed by atoms with Gasteiger partial charge in [0.05, 0.1) is 23.6 Å². The number of likely N-dealkylation sites (tertiary alicyclic amines) is 1. The maximum atomic E-state index is 5.48. The van der Waals surface area contributed by atoms with E-state index in [1.807, 2.05) is 0 Å². The maximum absolute atomic E-state index is 5.48. The van der Waals surface area contributed by atoms with Gasteiger partial charge in [-0.1, -0.05) is 6.07 Å². The van der Waals surface area contributed by atoms with Gasteiger partial charge in [-0.15, -0.1) is 0 Å². The van der Waals surface area contributed by atoms with E-state index in [1.165, 1.54) is 12.8 Å². The van der Waals surface area contributed by atoms with Crippen LogP contribution in [0.2, 0.25) is 0 Å². The van der Waals surface area contributed by atoms with E-state index in [-0.39, 0.29) is 12.2 Å². The molecule has 1 saturated carbocycles.